The minimum atomic E-state index is -0.850. The summed E-state index contributed by atoms with van der Waals surface area (Å²) in [6.07, 6.45) is 0. The Hall–Kier alpha value is -3.73. The predicted octanol–water partition coefficient (Wildman–Crippen LogP) is 3.82. The van der Waals surface area contributed by atoms with Crippen LogP contribution >= 0.6 is 11.8 Å². The summed E-state index contributed by atoms with van der Waals surface area (Å²) >= 11 is 1.08. The van der Waals surface area contributed by atoms with Crippen LogP contribution in [0.5, 0.6) is 11.5 Å². The molecule has 4 aromatic rings. The number of aromatic nitrogens is 4. The molecule has 2 heterocycles. The van der Waals surface area contributed by atoms with Crippen LogP contribution in [0, 0.1) is 11.6 Å². The van der Waals surface area contributed by atoms with Crippen LogP contribution in [0.3, 0.4) is 0 Å². The second kappa shape index (κ2) is 9.18. The lowest BCUT2D eigenvalue weighted by Gasteiger charge is -2.09. The maximum atomic E-state index is 13.7. The Bertz CT molecular complexity index is 1300. The van der Waals surface area contributed by atoms with Gasteiger partial charge >= 0.3 is 0 Å². The molecule has 2 aromatic heterocycles. The maximum Gasteiger partial charge on any atom is 0.234 e. The number of amides is 1. The zero-order chi connectivity index (χ0) is 22.7. The Morgan fingerprint density at radius 2 is 1.84 bits per heavy atom. The Morgan fingerprint density at radius 3 is 2.59 bits per heavy atom. The molecular formula is C21H17F2N5O3S. The van der Waals surface area contributed by atoms with Crippen molar-refractivity contribution >= 4 is 29.0 Å². The van der Waals surface area contributed by atoms with Gasteiger partial charge in [-0.05, 0) is 42.5 Å². The van der Waals surface area contributed by atoms with E-state index in [1.54, 1.807) is 38.5 Å². The molecule has 0 spiro atoms. The topological polar surface area (TPSA) is 90.6 Å². The third-order valence-electron chi connectivity index (χ3n) is 4.45. The molecule has 32 heavy (non-hydrogen) atoms. The molecule has 0 fully saturated rings. The number of carbonyl (C=O) groups is 1. The number of rotatable bonds is 7. The zero-order valence-electron chi connectivity index (χ0n) is 17.0. The summed E-state index contributed by atoms with van der Waals surface area (Å²) in [4.78, 5) is 12.2. The largest absolute Gasteiger partial charge is 0.493 e. The summed E-state index contributed by atoms with van der Waals surface area (Å²) in [5, 5.41) is 15.5. The van der Waals surface area contributed by atoms with E-state index in [4.69, 9.17) is 9.47 Å². The number of anilines is 1. The fourth-order valence-corrected chi connectivity index (χ4v) is 3.60. The number of benzene rings is 2. The molecule has 0 saturated heterocycles. The van der Waals surface area contributed by atoms with Gasteiger partial charge in [-0.3, -0.25) is 4.79 Å². The van der Waals surface area contributed by atoms with E-state index in [1.165, 1.54) is 4.52 Å². The van der Waals surface area contributed by atoms with Crippen LogP contribution in [-0.4, -0.2) is 45.7 Å². The van der Waals surface area contributed by atoms with E-state index < -0.39 is 17.5 Å². The molecule has 0 atom stereocenters. The Morgan fingerprint density at radius 1 is 1.03 bits per heavy atom. The van der Waals surface area contributed by atoms with Gasteiger partial charge in [0.1, 0.15) is 11.6 Å². The second-order valence-electron chi connectivity index (χ2n) is 6.50. The summed E-state index contributed by atoms with van der Waals surface area (Å²) < 4.78 is 38.9. The molecule has 2 aromatic carbocycles. The van der Waals surface area contributed by atoms with Crippen LogP contribution in [0.15, 0.2) is 53.7 Å². The number of fused-ring (bicyclic) bond motifs is 1. The first-order valence-electron chi connectivity index (χ1n) is 9.31. The van der Waals surface area contributed by atoms with Crippen molar-refractivity contribution in [2.24, 2.45) is 0 Å². The summed E-state index contributed by atoms with van der Waals surface area (Å²) in [5.41, 5.74) is 1.83. The number of ether oxygens (including phenoxy) is 2. The van der Waals surface area contributed by atoms with Crippen LogP contribution in [0.25, 0.3) is 16.9 Å². The lowest BCUT2D eigenvalue weighted by atomic mass is 10.1. The molecule has 0 unspecified atom stereocenters. The van der Waals surface area contributed by atoms with Gasteiger partial charge in [0.05, 0.1) is 31.4 Å². The molecule has 0 aliphatic rings. The van der Waals surface area contributed by atoms with E-state index in [0.717, 1.165) is 29.5 Å². The van der Waals surface area contributed by atoms with Crippen LogP contribution in [-0.2, 0) is 4.79 Å². The molecule has 0 saturated carbocycles. The minimum absolute atomic E-state index is 0.0696. The Kier molecular flexibility index (Phi) is 6.17. The highest BCUT2D eigenvalue weighted by Crippen LogP contribution is 2.31. The summed E-state index contributed by atoms with van der Waals surface area (Å²) in [6.45, 7) is 0. The number of halogens is 2. The SMILES string of the molecule is COc1ccc(-c2ccc3nnc(SCC(=O)Nc4ccc(F)cc4F)n3n2)cc1OC. The highest BCUT2D eigenvalue weighted by Gasteiger charge is 2.14. The smallest absolute Gasteiger partial charge is 0.234 e. The molecule has 1 N–H and O–H groups in total. The van der Waals surface area contributed by atoms with Gasteiger partial charge < -0.3 is 14.8 Å². The van der Waals surface area contributed by atoms with Gasteiger partial charge in [0, 0.05) is 11.6 Å². The van der Waals surface area contributed by atoms with Gasteiger partial charge in [-0.1, -0.05) is 11.8 Å². The number of hydrogen-bond acceptors (Lipinski definition) is 7. The number of nitrogens with zero attached hydrogens (tertiary/aromatic N) is 4. The van der Waals surface area contributed by atoms with Crippen molar-refractivity contribution < 1.29 is 23.0 Å². The van der Waals surface area contributed by atoms with Crippen molar-refractivity contribution in [1.82, 2.24) is 19.8 Å². The zero-order valence-corrected chi connectivity index (χ0v) is 17.8. The molecule has 164 valence electrons. The first-order chi connectivity index (χ1) is 15.5. The lowest BCUT2D eigenvalue weighted by Crippen LogP contribution is -2.15. The quantitative estimate of drug-likeness (QED) is 0.422. The highest BCUT2D eigenvalue weighted by molar-refractivity contribution is 7.99. The van der Waals surface area contributed by atoms with E-state index in [2.05, 4.69) is 20.6 Å². The van der Waals surface area contributed by atoms with Crippen LogP contribution in [0.1, 0.15) is 0 Å². The Balaban J connectivity index is 1.52. The van der Waals surface area contributed by atoms with Gasteiger partial charge in [0.25, 0.3) is 0 Å². The molecule has 11 heteroatoms. The predicted molar refractivity (Wildman–Crippen MR) is 115 cm³/mol. The van der Waals surface area contributed by atoms with Gasteiger partial charge in [-0.25, -0.2) is 8.78 Å². The number of hydrogen-bond donors (Lipinski definition) is 1. The van der Waals surface area contributed by atoms with Crippen molar-refractivity contribution in [3.63, 3.8) is 0 Å². The third kappa shape index (κ3) is 4.47. The molecule has 4 rings (SSSR count). The number of methoxy groups -OCH3 is 2. The second-order valence-corrected chi connectivity index (χ2v) is 7.44. The van der Waals surface area contributed by atoms with Crippen LogP contribution in [0.2, 0.25) is 0 Å². The minimum Gasteiger partial charge on any atom is -0.493 e. The van der Waals surface area contributed by atoms with Crippen molar-refractivity contribution in [2.45, 2.75) is 5.16 Å². The molecule has 8 nitrogen and oxygen atoms in total. The average Bonchev–Trinajstić information content (AvgIpc) is 3.21. The number of thioether (sulfide) groups is 1. The summed E-state index contributed by atoms with van der Waals surface area (Å²) in [5.74, 6) is -0.955. The van der Waals surface area contributed by atoms with Gasteiger partial charge in [0.2, 0.25) is 11.1 Å². The van der Waals surface area contributed by atoms with E-state index in [-0.39, 0.29) is 11.4 Å². The van der Waals surface area contributed by atoms with Gasteiger partial charge in [0.15, 0.2) is 17.1 Å². The number of carbonyl (C=O) groups excluding carboxylic acids is 1. The van der Waals surface area contributed by atoms with Crippen molar-refractivity contribution in [3.8, 4) is 22.8 Å². The van der Waals surface area contributed by atoms with Crippen molar-refractivity contribution in [1.29, 1.82) is 0 Å². The first-order valence-corrected chi connectivity index (χ1v) is 10.3. The molecular weight excluding hydrogens is 440 g/mol. The van der Waals surface area contributed by atoms with Gasteiger partial charge in [-0.15, -0.1) is 10.2 Å². The third-order valence-corrected chi connectivity index (χ3v) is 5.37. The van der Waals surface area contributed by atoms with E-state index in [1.807, 2.05) is 6.07 Å². The molecule has 0 aliphatic heterocycles. The monoisotopic (exact) mass is 457 g/mol. The first kappa shape index (κ1) is 21.5. The maximum absolute atomic E-state index is 13.7. The summed E-state index contributed by atoms with van der Waals surface area (Å²) in [6, 6.07) is 11.9. The lowest BCUT2D eigenvalue weighted by molar-refractivity contribution is -0.113. The average molecular weight is 457 g/mol. The fraction of sp³-hybridized carbons (Fsp3) is 0.143. The standard InChI is InChI=1S/C21H17F2N5O3S/c1-30-17-7-3-12(9-18(17)31-2)15-6-8-19-25-26-21(28(19)27-15)32-11-20(29)24-16-5-4-13(22)10-14(16)23/h3-10H,11H2,1-2H3,(H,24,29). The molecule has 0 aliphatic carbocycles. The van der Waals surface area contributed by atoms with E-state index in [0.29, 0.717) is 34.1 Å². The van der Waals surface area contributed by atoms with Crippen LogP contribution < -0.4 is 14.8 Å². The van der Waals surface area contributed by atoms with E-state index in [9.17, 15) is 13.6 Å². The number of nitrogens with one attached hydrogen (secondary N) is 1. The van der Waals surface area contributed by atoms with Crippen LogP contribution in [0.4, 0.5) is 14.5 Å². The summed E-state index contributed by atoms with van der Waals surface area (Å²) in [7, 11) is 3.11. The molecule has 0 bridgehead atoms. The molecule has 1 amide bonds. The van der Waals surface area contributed by atoms with Crippen molar-refractivity contribution in [3.05, 3.63) is 60.2 Å². The van der Waals surface area contributed by atoms with E-state index >= 15 is 0 Å². The van der Waals surface area contributed by atoms with Crippen molar-refractivity contribution in [2.75, 3.05) is 25.3 Å². The van der Waals surface area contributed by atoms with Gasteiger partial charge in [-0.2, -0.15) is 9.61 Å². The highest BCUT2D eigenvalue weighted by atomic mass is 32.2. The molecule has 0 radical (unpaired) electrons. The normalized spacial score (nSPS) is 10.9. The fourth-order valence-electron chi connectivity index (χ4n) is 2.92. The Labute approximate surface area is 185 Å².